The molecule has 0 bridgehead atoms. The molecule has 0 radical (unpaired) electrons. The number of pyridine rings is 1. The Labute approximate surface area is 115 Å². The van der Waals surface area contributed by atoms with Gasteiger partial charge in [0, 0.05) is 17.6 Å². The molecule has 1 saturated heterocycles. The molecule has 1 fully saturated rings. The van der Waals surface area contributed by atoms with Crippen molar-refractivity contribution in [3.05, 3.63) is 22.3 Å². The number of carboxylic acid groups (broad SMARTS) is 1. The lowest BCUT2D eigenvalue weighted by atomic mass is 9.90. The molecule has 1 aromatic heterocycles. The van der Waals surface area contributed by atoms with Crippen molar-refractivity contribution in [1.29, 1.82) is 0 Å². The first-order valence-corrected chi connectivity index (χ1v) is 6.87. The number of aryl methyl sites for hydroxylation is 1. The second-order valence-corrected chi connectivity index (χ2v) is 5.87. The number of aromatic nitrogens is 1. The van der Waals surface area contributed by atoms with Gasteiger partial charge in [-0.05, 0) is 47.3 Å². The van der Waals surface area contributed by atoms with Gasteiger partial charge in [0.2, 0.25) is 0 Å². The summed E-state index contributed by atoms with van der Waals surface area (Å²) >= 11 is 3.43. The number of piperidine rings is 1. The molecule has 0 spiro atoms. The minimum atomic E-state index is -0.708. The van der Waals surface area contributed by atoms with E-state index in [0.717, 1.165) is 29.0 Å². The van der Waals surface area contributed by atoms with Crippen molar-refractivity contribution in [3.63, 3.8) is 0 Å². The maximum absolute atomic E-state index is 11.1. The fraction of sp³-hybridized carbons (Fsp3) is 0.538. The standard InChI is InChI=1S/C13H17BrN2O2/c1-8-5-10(13(17)18)7-16(6-8)12-4-3-11(14)9(2)15-12/h3-4,8,10H,5-7H2,1-2H3,(H,17,18). The van der Waals surface area contributed by atoms with E-state index in [-0.39, 0.29) is 5.92 Å². The van der Waals surface area contributed by atoms with Crippen molar-refractivity contribution in [3.8, 4) is 0 Å². The highest BCUT2D eigenvalue weighted by Gasteiger charge is 2.30. The van der Waals surface area contributed by atoms with Gasteiger partial charge in [0.15, 0.2) is 0 Å². The average molecular weight is 313 g/mol. The topological polar surface area (TPSA) is 53.4 Å². The van der Waals surface area contributed by atoms with E-state index in [1.165, 1.54) is 0 Å². The Morgan fingerprint density at radius 1 is 1.50 bits per heavy atom. The summed E-state index contributed by atoms with van der Waals surface area (Å²) in [5.74, 6) is 0.249. The molecule has 98 valence electrons. The molecule has 18 heavy (non-hydrogen) atoms. The number of anilines is 1. The molecule has 5 heteroatoms. The van der Waals surface area contributed by atoms with Crippen LogP contribution in [0.5, 0.6) is 0 Å². The molecule has 1 aliphatic heterocycles. The Kier molecular flexibility index (Phi) is 3.90. The summed E-state index contributed by atoms with van der Waals surface area (Å²) in [6, 6.07) is 3.90. The number of rotatable bonds is 2. The van der Waals surface area contributed by atoms with Crippen LogP contribution in [0.25, 0.3) is 0 Å². The van der Waals surface area contributed by atoms with Gasteiger partial charge in [-0.3, -0.25) is 4.79 Å². The average Bonchev–Trinajstić information content (AvgIpc) is 2.31. The Hall–Kier alpha value is -1.10. The predicted octanol–water partition coefficient (Wildman–Crippen LogP) is 2.70. The van der Waals surface area contributed by atoms with Crippen LogP contribution in [0.2, 0.25) is 0 Å². The van der Waals surface area contributed by atoms with E-state index in [1.807, 2.05) is 19.1 Å². The lowest BCUT2D eigenvalue weighted by molar-refractivity contribution is -0.142. The summed E-state index contributed by atoms with van der Waals surface area (Å²) in [6.07, 6.45) is 0.751. The van der Waals surface area contributed by atoms with E-state index in [1.54, 1.807) is 0 Å². The lowest BCUT2D eigenvalue weighted by Crippen LogP contribution is -2.43. The van der Waals surface area contributed by atoms with Crippen molar-refractivity contribution < 1.29 is 9.90 Å². The Morgan fingerprint density at radius 3 is 2.83 bits per heavy atom. The smallest absolute Gasteiger partial charge is 0.308 e. The maximum atomic E-state index is 11.1. The number of carbonyl (C=O) groups is 1. The van der Waals surface area contributed by atoms with E-state index < -0.39 is 5.97 Å². The molecular weight excluding hydrogens is 296 g/mol. The maximum Gasteiger partial charge on any atom is 0.308 e. The number of hydrogen-bond donors (Lipinski definition) is 1. The highest BCUT2D eigenvalue weighted by Crippen LogP contribution is 2.27. The number of aliphatic carboxylic acids is 1. The number of carboxylic acids is 1. The van der Waals surface area contributed by atoms with Gasteiger partial charge >= 0.3 is 5.97 Å². The third-order valence-corrected chi connectivity index (χ3v) is 4.18. The van der Waals surface area contributed by atoms with Gasteiger partial charge in [0.1, 0.15) is 5.82 Å². The third kappa shape index (κ3) is 2.83. The van der Waals surface area contributed by atoms with Crippen molar-refractivity contribution in [2.24, 2.45) is 11.8 Å². The fourth-order valence-corrected chi connectivity index (χ4v) is 2.65. The minimum absolute atomic E-state index is 0.292. The molecule has 4 nitrogen and oxygen atoms in total. The van der Waals surface area contributed by atoms with E-state index in [2.05, 4.69) is 32.7 Å². The molecule has 2 heterocycles. The molecular formula is C13H17BrN2O2. The molecule has 0 amide bonds. The third-order valence-electron chi connectivity index (χ3n) is 3.34. The van der Waals surface area contributed by atoms with E-state index in [4.69, 9.17) is 5.11 Å². The van der Waals surface area contributed by atoms with E-state index in [0.29, 0.717) is 12.5 Å². The summed E-state index contributed by atoms with van der Waals surface area (Å²) in [4.78, 5) is 17.7. The number of nitrogens with zero attached hydrogens (tertiary/aromatic N) is 2. The van der Waals surface area contributed by atoms with E-state index in [9.17, 15) is 4.79 Å². The van der Waals surface area contributed by atoms with Crippen LogP contribution in [-0.4, -0.2) is 29.1 Å². The molecule has 2 unspecified atom stereocenters. The van der Waals surface area contributed by atoms with Gasteiger partial charge < -0.3 is 10.0 Å². The highest BCUT2D eigenvalue weighted by molar-refractivity contribution is 9.10. The first-order chi connectivity index (χ1) is 8.47. The Morgan fingerprint density at radius 2 is 2.22 bits per heavy atom. The van der Waals surface area contributed by atoms with Crippen LogP contribution in [0, 0.1) is 18.8 Å². The lowest BCUT2D eigenvalue weighted by Gasteiger charge is -2.35. The Bertz CT molecular complexity index is 464. The molecule has 0 saturated carbocycles. The van der Waals surface area contributed by atoms with Crippen molar-refractivity contribution in [2.45, 2.75) is 20.3 Å². The summed E-state index contributed by atoms with van der Waals surface area (Å²) in [5, 5.41) is 9.16. The zero-order chi connectivity index (χ0) is 13.3. The first-order valence-electron chi connectivity index (χ1n) is 6.08. The van der Waals surface area contributed by atoms with Crippen LogP contribution in [0.15, 0.2) is 16.6 Å². The van der Waals surface area contributed by atoms with Crippen molar-refractivity contribution in [2.75, 3.05) is 18.0 Å². The molecule has 1 N–H and O–H groups in total. The van der Waals surface area contributed by atoms with Crippen LogP contribution >= 0.6 is 15.9 Å². The Balaban J connectivity index is 2.21. The number of hydrogen-bond acceptors (Lipinski definition) is 3. The zero-order valence-corrected chi connectivity index (χ0v) is 12.1. The molecule has 2 rings (SSSR count). The van der Waals surface area contributed by atoms with E-state index >= 15 is 0 Å². The summed E-state index contributed by atoms with van der Waals surface area (Å²) in [6.45, 7) is 5.45. The summed E-state index contributed by atoms with van der Waals surface area (Å²) in [7, 11) is 0. The molecule has 0 aliphatic carbocycles. The molecule has 1 aliphatic rings. The van der Waals surface area contributed by atoms with Crippen LogP contribution in [0.1, 0.15) is 19.0 Å². The van der Waals surface area contributed by atoms with Crippen LogP contribution in [-0.2, 0) is 4.79 Å². The summed E-state index contributed by atoms with van der Waals surface area (Å²) in [5.41, 5.74) is 0.928. The monoisotopic (exact) mass is 312 g/mol. The van der Waals surface area contributed by atoms with Gasteiger partial charge in [-0.1, -0.05) is 6.92 Å². The quantitative estimate of drug-likeness (QED) is 0.912. The van der Waals surface area contributed by atoms with Crippen molar-refractivity contribution >= 4 is 27.7 Å². The number of halogens is 1. The van der Waals surface area contributed by atoms with Crippen LogP contribution in [0.4, 0.5) is 5.82 Å². The SMILES string of the molecule is Cc1nc(N2CC(C)CC(C(=O)O)C2)ccc1Br. The van der Waals surface area contributed by atoms with Gasteiger partial charge in [-0.25, -0.2) is 4.98 Å². The molecule has 0 aromatic carbocycles. The van der Waals surface area contributed by atoms with Gasteiger partial charge in [0.25, 0.3) is 0 Å². The zero-order valence-electron chi connectivity index (χ0n) is 10.6. The second-order valence-electron chi connectivity index (χ2n) is 5.02. The first kappa shape index (κ1) is 13.3. The van der Waals surface area contributed by atoms with Crippen LogP contribution in [0.3, 0.4) is 0 Å². The molecule has 2 atom stereocenters. The summed E-state index contributed by atoms with van der Waals surface area (Å²) < 4.78 is 0.978. The molecule has 1 aromatic rings. The van der Waals surface area contributed by atoms with Crippen LogP contribution < -0.4 is 4.90 Å². The minimum Gasteiger partial charge on any atom is -0.481 e. The van der Waals surface area contributed by atoms with Gasteiger partial charge in [-0.2, -0.15) is 0 Å². The fourth-order valence-electron chi connectivity index (χ4n) is 2.42. The largest absolute Gasteiger partial charge is 0.481 e. The normalized spacial score (nSPS) is 24.1. The van der Waals surface area contributed by atoms with Gasteiger partial charge in [-0.15, -0.1) is 0 Å². The second kappa shape index (κ2) is 5.26. The highest BCUT2D eigenvalue weighted by atomic mass is 79.9. The van der Waals surface area contributed by atoms with Crippen molar-refractivity contribution in [1.82, 2.24) is 4.98 Å². The predicted molar refractivity (Wildman–Crippen MR) is 73.8 cm³/mol. The van der Waals surface area contributed by atoms with Gasteiger partial charge in [0.05, 0.1) is 11.6 Å².